The predicted molar refractivity (Wildman–Crippen MR) is 93.5 cm³/mol. The van der Waals surface area contributed by atoms with Crippen molar-refractivity contribution in [2.45, 2.75) is 59.1 Å². The van der Waals surface area contributed by atoms with Gasteiger partial charge in [-0.2, -0.15) is 0 Å². The van der Waals surface area contributed by atoms with Crippen molar-refractivity contribution in [3.05, 3.63) is 26.6 Å². The second kappa shape index (κ2) is 9.80. The van der Waals surface area contributed by atoms with Crippen LogP contribution in [-0.4, -0.2) is 12.6 Å². The van der Waals surface area contributed by atoms with Crippen LogP contribution in [0.5, 0.6) is 5.75 Å². The molecule has 0 fully saturated rings. The first-order chi connectivity index (χ1) is 9.54. The Labute approximate surface area is 139 Å². The molecular weight excluding hydrogens is 382 g/mol. The fourth-order valence-electron chi connectivity index (χ4n) is 2.01. The van der Waals surface area contributed by atoms with Crippen LogP contribution in [0.2, 0.25) is 0 Å². The lowest BCUT2D eigenvalue weighted by Gasteiger charge is -2.17. The number of hydrogen-bond donors (Lipinski definition) is 1. The van der Waals surface area contributed by atoms with Crippen molar-refractivity contribution in [1.82, 2.24) is 5.32 Å². The first kappa shape index (κ1) is 18.0. The van der Waals surface area contributed by atoms with Gasteiger partial charge in [-0.25, -0.2) is 0 Å². The van der Waals surface area contributed by atoms with E-state index in [9.17, 15) is 0 Å². The van der Waals surface area contributed by atoms with E-state index in [4.69, 9.17) is 4.74 Å². The number of rotatable bonds is 9. The van der Waals surface area contributed by atoms with E-state index in [0.717, 1.165) is 27.8 Å². The maximum absolute atomic E-state index is 5.92. The third-order valence-corrected chi connectivity index (χ3v) is 4.01. The number of hydrogen-bond acceptors (Lipinski definition) is 2. The van der Waals surface area contributed by atoms with Crippen molar-refractivity contribution in [3.63, 3.8) is 0 Å². The van der Waals surface area contributed by atoms with Gasteiger partial charge < -0.3 is 10.1 Å². The Morgan fingerprint density at radius 2 is 1.90 bits per heavy atom. The quantitative estimate of drug-likeness (QED) is 0.533. The highest BCUT2D eigenvalue weighted by Crippen LogP contribution is 2.33. The van der Waals surface area contributed by atoms with Crippen LogP contribution >= 0.6 is 31.9 Å². The summed E-state index contributed by atoms with van der Waals surface area (Å²) in [4.78, 5) is 0. The molecular formula is C16H25Br2NO. The van der Waals surface area contributed by atoms with Gasteiger partial charge in [-0.05, 0) is 54.9 Å². The van der Waals surface area contributed by atoms with Gasteiger partial charge in [0.15, 0.2) is 0 Å². The second-order valence-corrected chi connectivity index (χ2v) is 7.05. The van der Waals surface area contributed by atoms with Crippen LogP contribution in [0.15, 0.2) is 21.1 Å². The highest BCUT2D eigenvalue weighted by Gasteiger charge is 2.11. The van der Waals surface area contributed by atoms with Crippen molar-refractivity contribution < 1.29 is 4.74 Å². The third kappa shape index (κ3) is 6.59. The zero-order valence-corrected chi connectivity index (χ0v) is 15.8. The normalized spacial score (nSPS) is 11.1. The van der Waals surface area contributed by atoms with Crippen LogP contribution in [0, 0.1) is 0 Å². The summed E-state index contributed by atoms with van der Waals surface area (Å²) in [6, 6.07) is 4.16. The molecule has 20 heavy (non-hydrogen) atoms. The minimum Gasteiger partial charge on any atom is -0.489 e. The van der Waals surface area contributed by atoms with Crippen LogP contribution < -0.4 is 10.1 Å². The van der Waals surface area contributed by atoms with Crippen molar-refractivity contribution in [2.75, 3.05) is 6.54 Å². The molecule has 0 bridgehead atoms. The number of ether oxygens (including phenoxy) is 1. The van der Waals surface area contributed by atoms with Gasteiger partial charge >= 0.3 is 0 Å². The van der Waals surface area contributed by atoms with Crippen LogP contribution in [0.25, 0.3) is 0 Å². The highest BCUT2D eigenvalue weighted by atomic mass is 79.9. The molecule has 2 nitrogen and oxygen atoms in total. The molecule has 4 heteroatoms. The minimum atomic E-state index is 0.177. The number of benzene rings is 1. The molecule has 0 aromatic heterocycles. The molecule has 0 saturated carbocycles. The topological polar surface area (TPSA) is 21.3 Å². The molecule has 0 aliphatic carbocycles. The van der Waals surface area contributed by atoms with Crippen molar-refractivity contribution in [3.8, 4) is 5.75 Å². The first-order valence-electron chi connectivity index (χ1n) is 7.39. The molecule has 0 spiro atoms. The van der Waals surface area contributed by atoms with E-state index >= 15 is 0 Å². The number of halogens is 2. The van der Waals surface area contributed by atoms with Gasteiger partial charge in [0.25, 0.3) is 0 Å². The van der Waals surface area contributed by atoms with Gasteiger partial charge in [0.1, 0.15) is 5.75 Å². The zero-order chi connectivity index (χ0) is 15.0. The largest absolute Gasteiger partial charge is 0.489 e. The first-order valence-corrected chi connectivity index (χ1v) is 8.98. The van der Waals surface area contributed by atoms with E-state index in [2.05, 4.69) is 64.0 Å². The third-order valence-electron chi connectivity index (χ3n) is 2.96. The van der Waals surface area contributed by atoms with Crippen LogP contribution in [0.1, 0.15) is 52.0 Å². The smallest absolute Gasteiger partial charge is 0.138 e. The molecule has 0 amide bonds. The lowest BCUT2D eigenvalue weighted by molar-refractivity contribution is 0.238. The maximum atomic E-state index is 5.92. The highest BCUT2D eigenvalue weighted by molar-refractivity contribution is 9.11. The summed E-state index contributed by atoms with van der Waals surface area (Å²) >= 11 is 7.13. The fraction of sp³-hybridized carbons (Fsp3) is 0.625. The maximum Gasteiger partial charge on any atom is 0.138 e. The molecule has 0 unspecified atom stereocenters. The summed E-state index contributed by atoms with van der Waals surface area (Å²) in [5.41, 5.74) is 1.19. The summed E-state index contributed by atoms with van der Waals surface area (Å²) in [6.07, 6.45) is 5.33. The number of unbranched alkanes of at least 4 members (excludes halogenated alkanes) is 3. The van der Waals surface area contributed by atoms with Crippen LogP contribution in [-0.2, 0) is 6.54 Å². The van der Waals surface area contributed by atoms with E-state index in [1.807, 2.05) is 6.07 Å². The lowest BCUT2D eigenvalue weighted by Crippen LogP contribution is -2.17. The summed E-state index contributed by atoms with van der Waals surface area (Å²) in [5, 5.41) is 3.51. The molecule has 1 N–H and O–H groups in total. The van der Waals surface area contributed by atoms with Crippen LogP contribution in [0.4, 0.5) is 0 Å². The standard InChI is InChI=1S/C16H25Br2NO/c1-4-5-6-7-8-19-11-13-9-14(17)10-15(18)16(13)20-12(2)3/h9-10,12,19H,4-8,11H2,1-3H3. The molecule has 0 aliphatic heterocycles. The molecule has 0 saturated heterocycles. The molecule has 0 heterocycles. The SMILES string of the molecule is CCCCCCNCc1cc(Br)cc(Br)c1OC(C)C. The Morgan fingerprint density at radius 3 is 2.55 bits per heavy atom. The Morgan fingerprint density at radius 1 is 1.15 bits per heavy atom. The Balaban J connectivity index is 2.58. The van der Waals surface area contributed by atoms with Gasteiger partial charge in [0.05, 0.1) is 10.6 Å². The molecule has 0 atom stereocenters. The number of nitrogens with one attached hydrogen (secondary N) is 1. The van der Waals surface area contributed by atoms with E-state index < -0.39 is 0 Å². The second-order valence-electron chi connectivity index (χ2n) is 5.28. The predicted octanol–water partition coefficient (Wildman–Crippen LogP) is 5.67. The van der Waals surface area contributed by atoms with Gasteiger partial charge in [0.2, 0.25) is 0 Å². The zero-order valence-electron chi connectivity index (χ0n) is 12.6. The van der Waals surface area contributed by atoms with Crippen LogP contribution in [0.3, 0.4) is 0 Å². The summed E-state index contributed by atoms with van der Waals surface area (Å²) in [6.45, 7) is 8.24. The lowest BCUT2D eigenvalue weighted by atomic mass is 10.2. The fourth-order valence-corrected chi connectivity index (χ4v) is 3.42. The Kier molecular flexibility index (Phi) is 8.82. The Bertz CT molecular complexity index is 408. The van der Waals surface area contributed by atoms with Crippen molar-refractivity contribution in [2.24, 2.45) is 0 Å². The molecule has 0 radical (unpaired) electrons. The van der Waals surface area contributed by atoms with E-state index in [1.165, 1.54) is 31.2 Å². The Hall–Kier alpha value is -0.0600. The van der Waals surface area contributed by atoms with E-state index in [1.54, 1.807) is 0 Å². The average Bonchev–Trinajstić information content (AvgIpc) is 2.37. The molecule has 1 aromatic carbocycles. The summed E-state index contributed by atoms with van der Waals surface area (Å²) in [5.74, 6) is 0.948. The van der Waals surface area contributed by atoms with E-state index in [-0.39, 0.29) is 6.10 Å². The molecule has 1 aromatic rings. The average molecular weight is 407 g/mol. The van der Waals surface area contributed by atoms with Gasteiger partial charge in [0, 0.05) is 16.6 Å². The summed E-state index contributed by atoms with van der Waals surface area (Å²) in [7, 11) is 0. The van der Waals surface area contributed by atoms with Crippen molar-refractivity contribution in [1.29, 1.82) is 0 Å². The van der Waals surface area contributed by atoms with Gasteiger partial charge in [-0.15, -0.1) is 0 Å². The molecule has 114 valence electrons. The minimum absolute atomic E-state index is 0.177. The van der Waals surface area contributed by atoms with E-state index in [0.29, 0.717) is 0 Å². The van der Waals surface area contributed by atoms with Crippen molar-refractivity contribution >= 4 is 31.9 Å². The molecule has 0 aliphatic rings. The molecule has 1 rings (SSSR count). The van der Waals surface area contributed by atoms with Gasteiger partial charge in [-0.3, -0.25) is 0 Å². The summed E-state index contributed by atoms with van der Waals surface area (Å²) < 4.78 is 7.99. The van der Waals surface area contributed by atoms with Gasteiger partial charge in [-0.1, -0.05) is 42.1 Å². The monoisotopic (exact) mass is 405 g/mol.